The van der Waals surface area contributed by atoms with E-state index < -0.39 is 11.5 Å². The minimum atomic E-state index is -1.11. The van der Waals surface area contributed by atoms with Crippen LogP contribution in [0.25, 0.3) is 0 Å². The summed E-state index contributed by atoms with van der Waals surface area (Å²) in [7, 11) is 0. The van der Waals surface area contributed by atoms with E-state index >= 15 is 0 Å². The number of carbonyl (C=O) groups is 2. The van der Waals surface area contributed by atoms with E-state index in [0.29, 0.717) is 13.0 Å². The van der Waals surface area contributed by atoms with Crippen molar-refractivity contribution in [3.63, 3.8) is 0 Å². The van der Waals surface area contributed by atoms with Crippen LogP contribution in [0.4, 0.5) is 0 Å². The fourth-order valence-electron chi connectivity index (χ4n) is 1.35. The van der Waals surface area contributed by atoms with Crippen molar-refractivity contribution >= 4 is 11.9 Å². The Labute approximate surface area is 84.9 Å². The molecular formula is C10H19NO3. The van der Waals surface area contributed by atoms with E-state index in [2.05, 4.69) is 0 Å². The summed E-state index contributed by atoms with van der Waals surface area (Å²) in [6.07, 6.45) is 1.15. The van der Waals surface area contributed by atoms with Gasteiger partial charge in [0.1, 0.15) is 5.54 Å². The quantitative estimate of drug-likeness (QED) is 0.733. The molecule has 0 unspecified atom stereocenters. The smallest absolute Gasteiger partial charge is 0.329 e. The molecule has 0 aromatic heterocycles. The molecule has 0 aliphatic heterocycles. The summed E-state index contributed by atoms with van der Waals surface area (Å²) in [5, 5.41) is 8.97. The Kier molecular flexibility index (Phi) is 4.60. The van der Waals surface area contributed by atoms with Crippen LogP contribution in [-0.2, 0) is 9.59 Å². The first-order valence-corrected chi connectivity index (χ1v) is 4.91. The van der Waals surface area contributed by atoms with Gasteiger partial charge < -0.3 is 10.0 Å². The number of amides is 1. The minimum Gasteiger partial charge on any atom is -0.480 e. The molecule has 0 aliphatic rings. The van der Waals surface area contributed by atoms with E-state index in [1.165, 1.54) is 4.90 Å². The van der Waals surface area contributed by atoms with Crippen molar-refractivity contribution < 1.29 is 14.7 Å². The van der Waals surface area contributed by atoms with Gasteiger partial charge in [-0.1, -0.05) is 6.92 Å². The first-order valence-electron chi connectivity index (χ1n) is 4.91. The average Bonchev–Trinajstić information content (AvgIpc) is 2.04. The SMILES string of the molecule is CCCC(=O)N(CC)C(C)(C)C(=O)O. The fourth-order valence-corrected chi connectivity index (χ4v) is 1.35. The van der Waals surface area contributed by atoms with Crippen molar-refractivity contribution in [2.24, 2.45) is 0 Å². The van der Waals surface area contributed by atoms with Crippen molar-refractivity contribution in [1.82, 2.24) is 4.90 Å². The van der Waals surface area contributed by atoms with E-state index in [1.807, 2.05) is 6.92 Å². The molecule has 0 aliphatic carbocycles. The van der Waals surface area contributed by atoms with E-state index in [4.69, 9.17) is 5.11 Å². The second-order valence-electron chi connectivity index (χ2n) is 3.75. The minimum absolute atomic E-state index is 0.0950. The van der Waals surface area contributed by atoms with Crippen LogP contribution in [0.5, 0.6) is 0 Å². The van der Waals surface area contributed by atoms with Crippen LogP contribution in [0.3, 0.4) is 0 Å². The molecule has 0 spiro atoms. The number of carbonyl (C=O) groups excluding carboxylic acids is 1. The van der Waals surface area contributed by atoms with Gasteiger partial charge in [-0.15, -0.1) is 0 Å². The summed E-state index contributed by atoms with van der Waals surface area (Å²) in [4.78, 5) is 23.9. The Hall–Kier alpha value is -1.06. The summed E-state index contributed by atoms with van der Waals surface area (Å²) in [6.45, 7) is 7.22. The van der Waals surface area contributed by atoms with Crippen LogP contribution in [0.15, 0.2) is 0 Å². The molecule has 0 saturated heterocycles. The van der Waals surface area contributed by atoms with Gasteiger partial charge in [0.05, 0.1) is 0 Å². The van der Waals surface area contributed by atoms with E-state index in [9.17, 15) is 9.59 Å². The maximum Gasteiger partial charge on any atom is 0.329 e. The highest BCUT2D eigenvalue weighted by atomic mass is 16.4. The Bertz CT molecular complexity index is 223. The van der Waals surface area contributed by atoms with Crippen molar-refractivity contribution in [2.75, 3.05) is 6.54 Å². The molecule has 82 valence electrons. The normalized spacial score (nSPS) is 11.1. The molecule has 0 atom stereocenters. The maximum absolute atomic E-state index is 11.6. The lowest BCUT2D eigenvalue weighted by Crippen LogP contribution is -2.52. The van der Waals surface area contributed by atoms with Crippen molar-refractivity contribution in [3.8, 4) is 0 Å². The number of hydrogen-bond donors (Lipinski definition) is 1. The van der Waals surface area contributed by atoms with Crippen LogP contribution in [0.2, 0.25) is 0 Å². The predicted molar refractivity (Wildman–Crippen MR) is 54.0 cm³/mol. The van der Waals surface area contributed by atoms with Gasteiger partial charge in [-0.25, -0.2) is 4.79 Å². The third-order valence-electron chi connectivity index (χ3n) is 2.28. The first-order chi connectivity index (χ1) is 6.37. The third-order valence-corrected chi connectivity index (χ3v) is 2.28. The van der Waals surface area contributed by atoms with E-state index in [1.54, 1.807) is 20.8 Å². The van der Waals surface area contributed by atoms with Crippen LogP contribution in [-0.4, -0.2) is 34.0 Å². The summed E-state index contributed by atoms with van der Waals surface area (Å²) < 4.78 is 0. The zero-order valence-corrected chi connectivity index (χ0v) is 9.33. The zero-order chi connectivity index (χ0) is 11.4. The summed E-state index contributed by atoms with van der Waals surface area (Å²) in [6, 6.07) is 0. The Morgan fingerprint density at radius 2 is 1.79 bits per heavy atom. The largest absolute Gasteiger partial charge is 0.480 e. The van der Waals surface area contributed by atoms with Gasteiger partial charge in [0.2, 0.25) is 5.91 Å². The molecule has 0 saturated carbocycles. The highest BCUT2D eigenvalue weighted by Crippen LogP contribution is 2.16. The van der Waals surface area contributed by atoms with Gasteiger partial charge in [-0.3, -0.25) is 4.79 Å². The molecule has 4 nitrogen and oxygen atoms in total. The maximum atomic E-state index is 11.6. The highest BCUT2D eigenvalue weighted by molar-refractivity contribution is 5.86. The highest BCUT2D eigenvalue weighted by Gasteiger charge is 2.36. The summed E-state index contributed by atoms with van der Waals surface area (Å²) in [5.41, 5.74) is -1.11. The number of nitrogens with zero attached hydrogens (tertiary/aromatic N) is 1. The molecular weight excluding hydrogens is 182 g/mol. The van der Waals surface area contributed by atoms with Crippen LogP contribution in [0.1, 0.15) is 40.5 Å². The number of rotatable bonds is 5. The van der Waals surface area contributed by atoms with E-state index in [0.717, 1.165) is 6.42 Å². The Morgan fingerprint density at radius 1 is 1.29 bits per heavy atom. The number of carboxylic acids is 1. The molecule has 0 aromatic rings. The summed E-state index contributed by atoms with van der Waals surface area (Å²) >= 11 is 0. The molecule has 0 rings (SSSR count). The molecule has 1 N–H and O–H groups in total. The average molecular weight is 201 g/mol. The number of aliphatic carboxylic acids is 1. The number of likely N-dealkylation sites (N-methyl/N-ethyl adjacent to an activating group) is 1. The molecule has 0 aromatic carbocycles. The Balaban J connectivity index is 4.71. The van der Waals surface area contributed by atoms with Gasteiger partial charge in [0.15, 0.2) is 0 Å². The number of hydrogen-bond acceptors (Lipinski definition) is 2. The monoisotopic (exact) mass is 201 g/mol. The van der Waals surface area contributed by atoms with Gasteiger partial charge in [-0.05, 0) is 27.2 Å². The fraction of sp³-hybridized carbons (Fsp3) is 0.800. The second-order valence-corrected chi connectivity index (χ2v) is 3.75. The molecule has 1 amide bonds. The van der Waals surface area contributed by atoms with Gasteiger partial charge in [-0.2, -0.15) is 0 Å². The van der Waals surface area contributed by atoms with Crippen LogP contribution in [0, 0.1) is 0 Å². The van der Waals surface area contributed by atoms with Crippen LogP contribution < -0.4 is 0 Å². The first kappa shape index (κ1) is 12.9. The van der Waals surface area contributed by atoms with Crippen LogP contribution >= 0.6 is 0 Å². The molecule has 0 heterocycles. The molecule has 0 bridgehead atoms. The van der Waals surface area contributed by atoms with Crippen molar-refractivity contribution in [2.45, 2.75) is 46.1 Å². The lowest BCUT2D eigenvalue weighted by molar-refractivity contribution is -0.156. The predicted octanol–water partition coefficient (Wildman–Crippen LogP) is 1.50. The van der Waals surface area contributed by atoms with Gasteiger partial charge >= 0.3 is 5.97 Å². The number of carboxylic acid groups (broad SMARTS) is 1. The summed E-state index contributed by atoms with van der Waals surface area (Å²) in [5.74, 6) is -1.06. The Morgan fingerprint density at radius 3 is 2.07 bits per heavy atom. The van der Waals surface area contributed by atoms with Crippen molar-refractivity contribution in [1.29, 1.82) is 0 Å². The molecule has 0 radical (unpaired) electrons. The lowest BCUT2D eigenvalue weighted by atomic mass is 10.0. The topological polar surface area (TPSA) is 57.6 Å². The molecule has 14 heavy (non-hydrogen) atoms. The molecule has 0 fully saturated rings. The zero-order valence-electron chi connectivity index (χ0n) is 9.33. The second kappa shape index (κ2) is 4.98. The lowest BCUT2D eigenvalue weighted by Gasteiger charge is -2.34. The van der Waals surface area contributed by atoms with Gasteiger partial charge in [0, 0.05) is 13.0 Å². The molecule has 4 heteroatoms. The van der Waals surface area contributed by atoms with E-state index in [-0.39, 0.29) is 5.91 Å². The van der Waals surface area contributed by atoms with Gasteiger partial charge in [0.25, 0.3) is 0 Å². The third kappa shape index (κ3) is 2.72. The van der Waals surface area contributed by atoms with Crippen molar-refractivity contribution in [3.05, 3.63) is 0 Å². The standard InChI is InChI=1S/C10H19NO3/c1-5-7-8(12)11(6-2)10(3,4)9(13)14/h5-7H2,1-4H3,(H,13,14).